The first-order valence-electron chi connectivity index (χ1n) is 9.06. The van der Waals surface area contributed by atoms with Crippen LogP contribution >= 0.6 is 11.3 Å². The van der Waals surface area contributed by atoms with E-state index < -0.39 is 0 Å². The maximum Gasteiger partial charge on any atom is 0.220 e. The van der Waals surface area contributed by atoms with Crippen molar-refractivity contribution in [2.45, 2.75) is 33.2 Å². The number of carbonyl (C=O) groups excluding carboxylic acids is 1. The molecule has 0 saturated carbocycles. The van der Waals surface area contributed by atoms with Crippen LogP contribution in [-0.2, 0) is 17.8 Å². The lowest BCUT2D eigenvalue weighted by atomic mass is 10.1. The smallest absolute Gasteiger partial charge is 0.220 e. The molecule has 6 heteroatoms. The second-order valence-electron chi connectivity index (χ2n) is 6.44. The van der Waals surface area contributed by atoms with E-state index in [0.29, 0.717) is 19.5 Å². The number of rotatable bonds is 8. The molecule has 0 atom stereocenters. The topological polar surface area (TPSA) is 56.1 Å². The molecule has 0 unspecified atom stereocenters. The molecule has 0 aliphatic heterocycles. The fourth-order valence-electron chi connectivity index (χ4n) is 3.13. The van der Waals surface area contributed by atoms with E-state index in [2.05, 4.69) is 34.9 Å². The molecule has 0 bridgehead atoms. The SMILES string of the molecule is COc1ccc(CCC(=O)NCCn2nc(C)c(-c3cccs3)c2C)cc1. The third kappa shape index (κ3) is 4.77. The monoisotopic (exact) mass is 383 g/mol. The summed E-state index contributed by atoms with van der Waals surface area (Å²) < 4.78 is 7.13. The molecule has 5 nitrogen and oxygen atoms in total. The summed E-state index contributed by atoms with van der Waals surface area (Å²) in [6.45, 7) is 5.37. The first-order valence-corrected chi connectivity index (χ1v) is 9.94. The van der Waals surface area contributed by atoms with Gasteiger partial charge in [-0.2, -0.15) is 5.10 Å². The number of carbonyl (C=O) groups is 1. The minimum absolute atomic E-state index is 0.0610. The van der Waals surface area contributed by atoms with Crippen LogP contribution in [0.3, 0.4) is 0 Å². The maximum absolute atomic E-state index is 12.1. The van der Waals surface area contributed by atoms with Gasteiger partial charge in [-0.1, -0.05) is 18.2 Å². The highest BCUT2D eigenvalue weighted by atomic mass is 32.1. The Morgan fingerprint density at radius 3 is 2.67 bits per heavy atom. The van der Waals surface area contributed by atoms with Crippen molar-refractivity contribution in [2.24, 2.45) is 0 Å². The van der Waals surface area contributed by atoms with Gasteiger partial charge in [0.2, 0.25) is 5.91 Å². The van der Waals surface area contributed by atoms with Gasteiger partial charge in [-0.15, -0.1) is 11.3 Å². The lowest BCUT2D eigenvalue weighted by Gasteiger charge is -2.08. The molecule has 0 saturated heterocycles. The van der Waals surface area contributed by atoms with E-state index in [9.17, 15) is 4.79 Å². The van der Waals surface area contributed by atoms with Crippen molar-refractivity contribution in [3.8, 4) is 16.2 Å². The van der Waals surface area contributed by atoms with Crippen molar-refractivity contribution in [1.29, 1.82) is 0 Å². The van der Waals surface area contributed by atoms with Gasteiger partial charge in [0.1, 0.15) is 5.75 Å². The Balaban J connectivity index is 1.48. The Kier molecular flexibility index (Phi) is 6.29. The standard InChI is InChI=1S/C21H25N3O2S/c1-15-21(19-5-4-14-27-19)16(2)24(23-15)13-12-22-20(25)11-8-17-6-9-18(26-3)10-7-17/h4-7,9-10,14H,8,11-13H2,1-3H3,(H,22,25). The summed E-state index contributed by atoms with van der Waals surface area (Å²) in [7, 11) is 1.65. The van der Waals surface area contributed by atoms with Crippen LogP contribution in [0.1, 0.15) is 23.4 Å². The van der Waals surface area contributed by atoms with Crippen LogP contribution in [0.25, 0.3) is 10.4 Å². The number of methoxy groups -OCH3 is 1. The average molecular weight is 384 g/mol. The molecule has 1 aromatic carbocycles. The molecule has 3 rings (SSSR count). The van der Waals surface area contributed by atoms with Crippen molar-refractivity contribution in [3.05, 3.63) is 58.7 Å². The van der Waals surface area contributed by atoms with Gasteiger partial charge in [0.05, 0.1) is 19.3 Å². The van der Waals surface area contributed by atoms with Crippen molar-refractivity contribution in [2.75, 3.05) is 13.7 Å². The number of nitrogens with one attached hydrogen (secondary N) is 1. The van der Waals surface area contributed by atoms with Crippen molar-refractivity contribution in [3.63, 3.8) is 0 Å². The van der Waals surface area contributed by atoms with Crippen LogP contribution in [0.4, 0.5) is 0 Å². The van der Waals surface area contributed by atoms with Gasteiger partial charge in [-0.3, -0.25) is 9.48 Å². The Hall–Kier alpha value is -2.60. The molecule has 1 N–H and O–H groups in total. The van der Waals surface area contributed by atoms with Crippen LogP contribution in [0.15, 0.2) is 41.8 Å². The van der Waals surface area contributed by atoms with Crippen molar-refractivity contribution < 1.29 is 9.53 Å². The molecular formula is C21H25N3O2S. The summed E-state index contributed by atoms with van der Waals surface area (Å²) in [5, 5.41) is 9.70. The van der Waals surface area contributed by atoms with Crippen LogP contribution in [-0.4, -0.2) is 29.3 Å². The number of benzene rings is 1. The largest absolute Gasteiger partial charge is 0.497 e. The minimum atomic E-state index is 0.0610. The lowest BCUT2D eigenvalue weighted by Crippen LogP contribution is -2.28. The summed E-state index contributed by atoms with van der Waals surface area (Å²) in [5.74, 6) is 0.890. The number of aromatic nitrogens is 2. The zero-order valence-corrected chi connectivity index (χ0v) is 16.8. The number of nitrogens with zero attached hydrogens (tertiary/aromatic N) is 2. The quantitative estimate of drug-likeness (QED) is 0.640. The summed E-state index contributed by atoms with van der Waals surface area (Å²) in [6, 6.07) is 12.0. The van der Waals surface area contributed by atoms with E-state index in [1.807, 2.05) is 35.9 Å². The summed E-state index contributed by atoms with van der Waals surface area (Å²) in [5.41, 5.74) is 4.50. The normalized spacial score (nSPS) is 10.8. The molecule has 27 heavy (non-hydrogen) atoms. The predicted octanol–water partition coefficient (Wildman–Crippen LogP) is 3.99. The van der Waals surface area contributed by atoms with Gasteiger partial charge in [0, 0.05) is 29.1 Å². The number of thiophene rings is 1. The fourth-order valence-corrected chi connectivity index (χ4v) is 4.01. The molecule has 0 radical (unpaired) electrons. The number of amides is 1. The van der Waals surface area contributed by atoms with Crippen LogP contribution in [0.2, 0.25) is 0 Å². The highest BCUT2D eigenvalue weighted by Crippen LogP contribution is 2.30. The zero-order chi connectivity index (χ0) is 19.2. The summed E-state index contributed by atoms with van der Waals surface area (Å²) in [4.78, 5) is 13.3. The lowest BCUT2D eigenvalue weighted by molar-refractivity contribution is -0.121. The van der Waals surface area contributed by atoms with E-state index >= 15 is 0 Å². The fraction of sp³-hybridized carbons (Fsp3) is 0.333. The highest BCUT2D eigenvalue weighted by Gasteiger charge is 2.14. The minimum Gasteiger partial charge on any atom is -0.497 e. The molecule has 0 spiro atoms. The predicted molar refractivity (Wildman–Crippen MR) is 109 cm³/mol. The van der Waals surface area contributed by atoms with E-state index in [-0.39, 0.29) is 5.91 Å². The molecule has 0 aliphatic rings. The Bertz CT molecular complexity index is 883. The van der Waals surface area contributed by atoms with E-state index in [4.69, 9.17) is 4.74 Å². The second-order valence-corrected chi connectivity index (χ2v) is 7.39. The molecule has 2 aromatic heterocycles. The van der Waals surface area contributed by atoms with Gasteiger partial charge in [-0.25, -0.2) is 0 Å². The van der Waals surface area contributed by atoms with E-state index in [0.717, 1.165) is 29.1 Å². The number of hydrogen-bond donors (Lipinski definition) is 1. The van der Waals surface area contributed by atoms with Gasteiger partial charge in [-0.05, 0) is 49.4 Å². The molecule has 142 valence electrons. The zero-order valence-electron chi connectivity index (χ0n) is 16.0. The average Bonchev–Trinajstić information content (AvgIpc) is 3.28. The van der Waals surface area contributed by atoms with Crippen LogP contribution < -0.4 is 10.1 Å². The molecule has 0 aliphatic carbocycles. The third-order valence-corrected chi connectivity index (χ3v) is 5.48. The number of aryl methyl sites for hydroxylation is 2. The molecule has 1 amide bonds. The molecular weight excluding hydrogens is 358 g/mol. The summed E-state index contributed by atoms with van der Waals surface area (Å²) >= 11 is 1.72. The maximum atomic E-state index is 12.1. The van der Waals surface area contributed by atoms with Gasteiger partial charge in [0.15, 0.2) is 0 Å². The first-order chi connectivity index (χ1) is 13.1. The third-order valence-electron chi connectivity index (χ3n) is 4.59. The molecule has 2 heterocycles. The Morgan fingerprint density at radius 2 is 2.00 bits per heavy atom. The second kappa shape index (κ2) is 8.86. The Labute approximate surface area is 164 Å². The summed E-state index contributed by atoms with van der Waals surface area (Å²) in [6.07, 6.45) is 1.20. The van der Waals surface area contributed by atoms with E-state index in [1.165, 1.54) is 10.4 Å². The van der Waals surface area contributed by atoms with Crippen LogP contribution in [0.5, 0.6) is 5.75 Å². The van der Waals surface area contributed by atoms with Crippen molar-refractivity contribution in [1.82, 2.24) is 15.1 Å². The van der Waals surface area contributed by atoms with Gasteiger partial charge in [0.25, 0.3) is 0 Å². The number of hydrogen-bond acceptors (Lipinski definition) is 4. The van der Waals surface area contributed by atoms with Gasteiger partial charge >= 0.3 is 0 Å². The highest BCUT2D eigenvalue weighted by molar-refractivity contribution is 7.13. The molecule has 0 fully saturated rings. The van der Waals surface area contributed by atoms with Crippen molar-refractivity contribution >= 4 is 17.2 Å². The first kappa shape index (κ1) is 19.2. The molecule has 3 aromatic rings. The Morgan fingerprint density at radius 1 is 1.22 bits per heavy atom. The van der Waals surface area contributed by atoms with Gasteiger partial charge < -0.3 is 10.1 Å². The van der Waals surface area contributed by atoms with Crippen LogP contribution in [0, 0.1) is 13.8 Å². The van der Waals surface area contributed by atoms with E-state index in [1.54, 1.807) is 18.4 Å². The number of ether oxygens (including phenoxy) is 1.